The predicted molar refractivity (Wildman–Crippen MR) is 56.1 cm³/mol. The number of benzene rings is 1. The van der Waals surface area contributed by atoms with Crippen LogP contribution in [0, 0.1) is 0 Å². The van der Waals surface area contributed by atoms with Gasteiger partial charge in [-0.1, -0.05) is 23.7 Å². The number of fused-ring (bicyclic) bond motifs is 1. The molecule has 1 aliphatic carbocycles. The molecule has 0 saturated carbocycles. The smallest absolute Gasteiger partial charge is 0.336 e. The molecule has 1 aromatic carbocycles. The summed E-state index contributed by atoms with van der Waals surface area (Å²) in [6, 6.07) is 5.37. The van der Waals surface area contributed by atoms with Crippen LogP contribution < -0.4 is 0 Å². The first-order valence-electron chi connectivity index (χ1n) is 4.75. The summed E-state index contributed by atoms with van der Waals surface area (Å²) in [5.74, 6) is -1.16. The van der Waals surface area contributed by atoms with E-state index in [1.807, 2.05) is 6.07 Å². The van der Waals surface area contributed by atoms with Crippen LogP contribution in [0.3, 0.4) is 0 Å². The Labute approximate surface area is 92.3 Å². The van der Waals surface area contributed by atoms with E-state index < -0.39 is 11.6 Å². The molecule has 0 heterocycles. The van der Waals surface area contributed by atoms with E-state index in [-0.39, 0.29) is 12.8 Å². The van der Waals surface area contributed by atoms with Crippen molar-refractivity contribution in [2.24, 2.45) is 0 Å². The summed E-state index contributed by atoms with van der Waals surface area (Å²) in [6.45, 7) is 0. The molecule has 0 bridgehead atoms. The number of carbonyl (C=O) groups is 1. The third-order valence-corrected chi connectivity index (χ3v) is 3.24. The summed E-state index contributed by atoms with van der Waals surface area (Å²) in [7, 11) is 0. The molecule has 1 unspecified atom stereocenters. The summed E-state index contributed by atoms with van der Waals surface area (Å²) in [5.41, 5.74) is 0.168. The third-order valence-electron chi connectivity index (χ3n) is 2.89. The van der Waals surface area contributed by atoms with E-state index in [9.17, 15) is 9.90 Å². The van der Waals surface area contributed by atoms with E-state index in [1.54, 1.807) is 12.1 Å². The lowest BCUT2D eigenvalue weighted by Crippen LogP contribution is -2.43. The molecule has 80 valence electrons. The van der Waals surface area contributed by atoms with Gasteiger partial charge in [-0.3, -0.25) is 0 Å². The Hall–Kier alpha value is -1.06. The number of hydrogen-bond donors (Lipinski definition) is 2. The van der Waals surface area contributed by atoms with E-state index in [0.29, 0.717) is 11.4 Å². The second-order valence-corrected chi connectivity index (χ2v) is 4.30. The molecule has 2 rings (SSSR count). The van der Waals surface area contributed by atoms with Gasteiger partial charge in [-0.2, -0.15) is 0 Å². The maximum absolute atomic E-state index is 10.9. The van der Waals surface area contributed by atoms with Gasteiger partial charge in [0.05, 0.1) is 0 Å². The number of aliphatic hydroxyl groups is 1. The van der Waals surface area contributed by atoms with Crippen molar-refractivity contribution in [2.75, 3.05) is 0 Å². The quantitative estimate of drug-likeness (QED) is 0.766. The van der Waals surface area contributed by atoms with Crippen molar-refractivity contribution in [3.63, 3.8) is 0 Å². The fraction of sp³-hybridized carbons (Fsp3) is 0.364. The molecule has 1 aliphatic rings. The van der Waals surface area contributed by atoms with Gasteiger partial charge < -0.3 is 10.2 Å². The maximum atomic E-state index is 10.9. The Morgan fingerprint density at radius 2 is 2.20 bits per heavy atom. The van der Waals surface area contributed by atoms with Gasteiger partial charge in [-0.25, -0.2) is 4.79 Å². The van der Waals surface area contributed by atoms with Crippen molar-refractivity contribution in [3.8, 4) is 0 Å². The number of hydrogen-bond acceptors (Lipinski definition) is 2. The Bertz CT molecular complexity index is 416. The first kappa shape index (κ1) is 10.5. The molecule has 15 heavy (non-hydrogen) atoms. The first-order valence-corrected chi connectivity index (χ1v) is 5.13. The van der Waals surface area contributed by atoms with E-state index >= 15 is 0 Å². The minimum absolute atomic E-state index is 0.137. The molecule has 1 aromatic rings. The third kappa shape index (κ3) is 1.73. The topological polar surface area (TPSA) is 57.5 Å². The number of aliphatic carboxylic acids is 1. The maximum Gasteiger partial charge on any atom is 0.336 e. The zero-order chi connectivity index (χ0) is 11.1. The summed E-state index contributed by atoms with van der Waals surface area (Å²) in [5, 5.41) is 19.4. The lowest BCUT2D eigenvalue weighted by molar-refractivity contribution is -0.159. The van der Waals surface area contributed by atoms with E-state index in [1.165, 1.54) is 0 Å². The van der Waals surface area contributed by atoms with Gasteiger partial charge in [0.25, 0.3) is 0 Å². The fourth-order valence-corrected chi connectivity index (χ4v) is 2.26. The molecule has 3 nitrogen and oxygen atoms in total. The van der Waals surface area contributed by atoms with Gasteiger partial charge in [0.1, 0.15) is 0 Å². The van der Waals surface area contributed by atoms with Crippen molar-refractivity contribution in [1.29, 1.82) is 0 Å². The van der Waals surface area contributed by atoms with Crippen molar-refractivity contribution in [3.05, 3.63) is 34.3 Å². The standard InChI is InChI=1S/C11H11ClO3/c12-9-3-1-2-7-6-11(15,10(13)14)5-4-8(7)9/h1-3,15H,4-6H2,(H,13,14). The van der Waals surface area contributed by atoms with Gasteiger partial charge in [-0.15, -0.1) is 0 Å². The second-order valence-electron chi connectivity index (χ2n) is 3.89. The van der Waals surface area contributed by atoms with Crippen molar-refractivity contribution in [1.82, 2.24) is 0 Å². The van der Waals surface area contributed by atoms with Gasteiger partial charge >= 0.3 is 5.97 Å². The number of carboxylic acids is 1. The van der Waals surface area contributed by atoms with Crippen LogP contribution in [0.2, 0.25) is 5.02 Å². The van der Waals surface area contributed by atoms with Crippen LogP contribution in [0.4, 0.5) is 0 Å². The molecule has 0 spiro atoms. The lowest BCUT2D eigenvalue weighted by Gasteiger charge is -2.29. The molecular formula is C11H11ClO3. The van der Waals surface area contributed by atoms with Crippen LogP contribution >= 0.6 is 11.6 Å². The molecule has 0 saturated heterocycles. The number of halogens is 1. The molecule has 0 fully saturated rings. The van der Waals surface area contributed by atoms with E-state index in [4.69, 9.17) is 16.7 Å². The zero-order valence-corrected chi connectivity index (χ0v) is 8.79. The summed E-state index contributed by atoms with van der Waals surface area (Å²) < 4.78 is 0. The molecule has 0 amide bonds. The monoisotopic (exact) mass is 226 g/mol. The molecule has 1 atom stereocenters. The number of carboxylic acid groups (broad SMARTS) is 1. The summed E-state index contributed by atoms with van der Waals surface area (Å²) in [6.07, 6.45) is 0.870. The van der Waals surface area contributed by atoms with Crippen molar-refractivity contribution in [2.45, 2.75) is 24.9 Å². The highest BCUT2D eigenvalue weighted by Crippen LogP contribution is 2.32. The molecular weight excluding hydrogens is 216 g/mol. The van der Waals surface area contributed by atoms with Crippen molar-refractivity contribution < 1.29 is 15.0 Å². The zero-order valence-electron chi connectivity index (χ0n) is 8.03. The molecule has 4 heteroatoms. The highest BCUT2D eigenvalue weighted by atomic mass is 35.5. The van der Waals surface area contributed by atoms with Crippen LogP contribution in [0.25, 0.3) is 0 Å². The first-order chi connectivity index (χ1) is 7.03. The SMILES string of the molecule is O=C(O)C1(O)CCc2c(Cl)cccc2C1. The Morgan fingerprint density at radius 3 is 2.87 bits per heavy atom. The van der Waals surface area contributed by atoms with Gasteiger partial charge in [0.2, 0.25) is 0 Å². The van der Waals surface area contributed by atoms with Gasteiger partial charge in [-0.05, 0) is 30.0 Å². The predicted octanol–water partition coefficient (Wildman–Crippen LogP) is 1.64. The van der Waals surface area contributed by atoms with Crippen LogP contribution in [0.15, 0.2) is 18.2 Å². The minimum atomic E-state index is -1.63. The largest absolute Gasteiger partial charge is 0.479 e. The Kier molecular flexibility index (Phi) is 2.44. The molecule has 0 radical (unpaired) electrons. The van der Waals surface area contributed by atoms with Crippen molar-refractivity contribution >= 4 is 17.6 Å². The van der Waals surface area contributed by atoms with Crippen LogP contribution in [0.5, 0.6) is 0 Å². The van der Waals surface area contributed by atoms with E-state index in [2.05, 4.69) is 0 Å². The molecule has 2 N–H and O–H groups in total. The summed E-state index contributed by atoms with van der Waals surface area (Å²) in [4.78, 5) is 10.9. The minimum Gasteiger partial charge on any atom is -0.479 e. The highest BCUT2D eigenvalue weighted by Gasteiger charge is 2.39. The Balaban J connectivity index is 2.39. The average molecular weight is 227 g/mol. The van der Waals surface area contributed by atoms with Crippen LogP contribution in [-0.4, -0.2) is 21.8 Å². The Morgan fingerprint density at radius 1 is 1.47 bits per heavy atom. The molecule has 0 aromatic heterocycles. The second kappa shape index (κ2) is 3.51. The van der Waals surface area contributed by atoms with Crippen LogP contribution in [0.1, 0.15) is 17.5 Å². The van der Waals surface area contributed by atoms with Crippen LogP contribution in [-0.2, 0) is 17.6 Å². The lowest BCUT2D eigenvalue weighted by atomic mass is 9.80. The number of rotatable bonds is 1. The normalized spacial score (nSPS) is 24.7. The molecule has 0 aliphatic heterocycles. The highest BCUT2D eigenvalue weighted by molar-refractivity contribution is 6.31. The van der Waals surface area contributed by atoms with Gasteiger partial charge in [0.15, 0.2) is 5.60 Å². The fourth-order valence-electron chi connectivity index (χ4n) is 1.97. The van der Waals surface area contributed by atoms with Gasteiger partial charge in [0, 0.05) is 11.4 Å². The summed E-state index contributed by atoms with van der Waals surface area (Å²) >= 11 is 5.99. The van der Waals surface area contributed by atoms with E-state index in [0.717, 1.165) is 11.1 Å². The average Bonchev–Trinajstić information content (AvgIpc) is 2.17.